The standard InChI is InChI=1S/C14H26N2O3/c1-4-16(10-12(17)15-11(2)3)13(18)9-14(19)7-5-6-8-14/h11,19H,4-10H2,1-3H3,(H,15,17). The van der Waals surface area contributed by atoms with Crippen LogP contribution in [0.1, 0.15) is 52.9 Å². The van der Waals surface area contributed by atoms with Crippen LogP contribution in [0.3, 0.4) is 0 Å². The molecule has 0 aromatic rings. The lowest BCUT2D eigenvalue weighted by Gasteiger charge is -2.27. The highest BCUT2D eigenvalue weighted by Crippen LogP contribution is 2.32. The number of hydrogen-bond acceptors (Lipinski definition) is 3. The highest BCUT2D eigenvalue weighted by Gasteiger charge is 2.34. The third-order valence-electron chi connectivity index (χ3n) is 3.53. The van der Waals surface area contributed by atoms with Gasteiger partial charge < -0.3 is 15.3 Å². The lowest BCUT2D eigenvalue weighted by Crippen LogP contribution is -2.44. The molecule has 110 valence electrons. The zero-order chi connectivity index (χ0) is 14.5. The van der Waals surface area contributed by atoms with E-state index in [9.17, 15) is 14.7 Å². The maximum atomic E-state index is 12.1. The summed E-state index contributed by atoms with van der Waals surface area (Å²) in [4.78, 5) is 25.3. The van der Waals surface area contributed by atoms with E-state index in [1.807, 2.05) is 20.8 Å². The average Bonchev–Trinajstić information content (AvgIpc) is 2.71. The predicted molar refractivity (Wildman–Crippen MR) is 73.6 cm³/mol. The summed E-state index contributed by atoms with van der Waals surface area (Å²) in [6, 6.07) is 0.0697. The molecule has 0 unspecified atom stereocenters. The van der Waals surface area contributed by atoms with E-state index < -0.39 is 5.60 Å². The minimum Gasteiger partial charge on any atom is -0.389 e. The van der Waals surface area contributed by atoms with Crippen LogP contribution in [0, 0.1) is 0 Å². The Kier molecular flexibility index (Phi) is 5.79. The van der Waals surface area contributed by atoms with Gasteiger partial charge in [-0.05, 0) is 33.6 Å². The fourth-order valence-corrected chi connectivity index (χ4v) is 2.52. The van der Waals surface area contributed by atoms with Gasteiger partial charge in [-0.25, -0.2) is 0 Å². The van der Waals surface area contributed by atoms with Crippen molar-refractivity contribution in [2.45, 2.75) is 64.5 Å². The first-order chi connectivity index (χ1) is 8.86. The average molecular weight is 270 g/mol. The summed E-state index contributed by atoms with van der Waals surface area (Å²) in [5.74, 6) is -0.283. The van der Waals surface area contributed by atoms with Crippen LogP contribution in [-0.4, -0.2) is 46.6 Å². The molecule has 0 heterocycles. The number of aliphatic hydroxyl groups is 1. The summed E-state index contributed by atoms with van der Waals surface area (Å²) >= 11 is 0. The second-order valence-corrected chi connectivity index (χ2v) is 5.74. The Bertz CT molecular complexity index is 323. The lowest BCUT2D eigenvalue weighted by molar-refractivity contribution is -0.140. The number of hydrogen-bond donors (Lipinski definition) is 2. The van der Waals surface area contributed by atoms with Crippen molar-refractivity contribution < 1.29 is 14.7 Å². The molecule has 0 atom stereocenters. The Balaban J connectivity index is 2.49. The molecule has 0 aromatic heterocycles. The van der Waals surface area contributed by atoms with Crippen LogP contribution in [-0.2, 0) is 9.59 Å². The third-order valence-corrected chi connectivity index (χ3v) is 3.53. The molecule has 5 nitrogen and oxygen atoms in total. The molecule has 1 aliphatic rings. The number of carbonyl (C=O) groups excluding carboxylic acids is 2. The van der Waals surface area contributed by atoms with Crippen LogP contribution >= 0.6 is 0 Å². The van der Waals surface area contributed by atoms with Gasteiger partial charge in [-0.1, -0.05) is 12.8 Å². The highest BCUT2D eigenvalue weighted by atomic mass is 16.3. The number of rotatable bonds is 6. The Morgan fingerprint density at radius 1 is 1.32 bits per heavy atom. The smallest absolute Gasteiger partial charge is 0.239 e. The van der Waals surface area contributed by atoms with Gasteiger partial charge in [-0.15, -0.1) is 0 Å². The van der Waals surface area contributed by atoms with Crippen LogP contribution in [0.25, 0.3) is 0 Å². The molecular weight excluding hydrogens is 244 g/mol. The minimum absolute atomic E-state index is 0.0697. The quantitative estimate of drug-likeness (QED) is 0.758. The Morgan fingerprint density at radius 3 is 2.37 bits per heavy atom. The van der Waals surface area contributed by atoms with Crippen molar-refractivity contribution in [2.24, 2.45) is 0 Å². The SMILES string of the molecule is CCN(CC(=O)NC(C)C)C(=O)CC1(O)CCCC1. The van der Waals surface area contributed by atoms with Crippen molar-refractivity contribution in [3.8, 4) is 0 Å². The van der Waals surface area contributed by atoms with E-state index in [2.05, 4.69) is 5.32 Å². The fourth-order valence-electron chi connectivity index (χ4n) is 2.52. The Morgan fingerprint density at radius 2 is 1.89 bits per heavy atom. The first-order valence-electron chi connectivity index (χ1n) is 7.16. The molecule has 0 bridgehead atoms. The van der Waals surface area contributed by atoms with Crippen molar-refractivity contribution >= 4 is 11.8 Å². The van der Waals surface area contributed by atoms with Gasteiger partial charge in [0.05, 0.1) is 18.6 Å². The number of nitrogens with one attached hydrogen (secondary N) is 1. The molecule has 0 saturated heterocycles. The Labute approximate surface area is 115 Å². The van der Waals surface area contributed by atoms with E-state index in [1.54, 1.807) is 0 Å². The number of amides is 2. The zero-order valence-corrected chi connectivity index (χ0v) is 12.2. The van der Waals surface area contributed by atoms with Crippen molar-refractivity contribution in [2.75, 3.05) is 13.1 Å². The van der Waals surface area contributed by atoms with Crippen LogP contribution in [0.5, 0.6) is 0 Å². The summed E-state index contributed by atoms with van der Waals surface area (Å²) in [7, 11) is 0. The molecule has 1 fully saturated rings. The second-order valence-electron chi connectivity index (χ2n) is 5.74. The third kappa shape index (κ3) is 5.19. The monoisotopic (exact) mass is 270 g/mol. The van der Waals surface area contributed by atoms with Gasteiger partial charge in [-0.3, -0.25) is 9.59 Å². The van der Waals surface area contributed by atoms with Gasteiger partial charge in [0.25, 0.3) is 0 Å². The van der Waals surface area contributed by atoms with E-state index in [1.165, 1.54) is 4.90 Å². The first-order valence-corrected chi connectivity index (χ1v) is 7.16. The summed E-state index contributed by atoms with van der Waals surface area (Å²) in [6.45, 7) is 6.18. The van der Waals surface area contributed by atoms with Gasteiger partial charge in [0, 0.05) is 12.6 Å². The number of nitrogens with zero attached hydrogens (tertiary/aromatic N) is 1. The van der Waals surface area contributed by atoms with Crippen LogP contribution in [0.4, 0.5) is 0 Å². The second kappa shape index (κ2) is 6.89. The van der Waals surface area contributed by atoms with Crippen LogP contribution in [0.2, 0.25) is 0 Å². The van der Waals surface area contributed by atoms with Crippen molar-refractivity contribution in [1.82, 2.24) is 10.2 Å². The zero-order valence-electron chi connectivity index (χ0n) is 12.2. The molecule has 5 heteroatoms. The lowest BCUT2D eigenvalue weighted by atomic mass is 9.97. The molecule has 2 N–H and O–H groups in total. The van der Waals surface area contributed by atoms with Crippen molar-refractivity contribution in [3.05, 3.63) is 0 Å². The van der Waals surface area contributed by atoms with Crippen LogP contribution < -0.4 is 5.32 Å². The van der Waals surface area contributed by atoms with Crippen LogP contribution in [0.15, 0.2) is 0 Å². The maximum Gasteiger partial charge on any atom is 0.239 e. The highest BCUT2D eigenvalue weighted by molar-refractivity contribution is 5.85. The molecule has 1 saturated carbocycles. The molecule has 19 heavy (non-hydrogen) atoms. The van der Waals surface area contributed by atoms with Crippen molar-refractivity contribution in [3.63, 3.8) is 0 Å². The van der Waals surface area contributed by atoms with E-state index >= 15 is 0 Å². The van der Waals surface area contributed by atoms with E-state index in [-0.39, 0.29) is 30.8 Å². The molecule has 0 spiro atoms. The van der Waals surface area contributed by atoms with Gasteiger partial charge in [0.15, 0.2) is 0 Å². The molecule has 1 aliphatic carbocycles. The van der Waals surface area contributed by atoms with E-state index in [0.717, 1.165) is 12.8 Å². The van der Waals surface area contributed by atoms with E-state index in [0.29, 0.717) is 19.4 Å². The van der Waals surface area contributed by atoms with Gasteiger partial charge in [0.2, 0.25) is 11.8 Å². The fraction of sp³-hybridized carbons (Fsp3) is 0.857. The predicted octanol–water partition coefficient (Wildman–Crippen LogP) is 1.05. The van der Waals surface area contributed by atoms with Gasteiger partial charge in [0.1, 0.15) is 0 Å². The Hall–Kier alpha value is -1.10. The molecule has 0 aromatic carbocycles. The molecule has 0 radical (unpaired) electrons. The normalized spacial score (nSPS) is 17.5. The summed E-state index contributed by atoms with van der Waals surface area (Å²) in [5, 5.41) is 13.0. The molecule has 0 aliphatic heterocycles. The maximum absolute atomic E-state index is 12.1. The largest absolute Gasteiger partial charge is 0.389 e. The molecule has 2 amide bonds. The summed E-state index contributed by atoms with van der Waals surface area (Å²) in [6.07, 6.45) is 3.46. The van der Waals surface area contributed by atoms with E-state index in [4.69, 9.17) is 0 Å². The topological polar surface area (TPSA) is 69.6 Å². The van der Waals surface area contributed by atoms with Gasteiger partial charge >= 0.3 is 0 Å². The summed E-state index contributed by atoms with van der Waals surface area (Å²) < 4.78 is 0. The van der Waals surface area contributed by atoms with Gasteiger partial charge in [-0.2, -0.15) is 0 Å². The summed E-state index contributed by atoms with van der Waals surface area (Å²) in [5.41, 5.74) is -0.848. The number of likely N-dealkylation sites (N-methyl/N-ethyl adjacent to an activating group) is 1. The first kappa shape index (κ1) is 16.0. The number of carbonyl (C=O) groups is 2. The molecule has 1 rings (SSSR count). The van der Waals surface area contributed by atoms with Crippen molar-refractivity contribution in [1.29, 1.82) is 0 Å². The molecular formula is C14H26N2O3. The minimum atomic E-state index is -0.848.